The van der Waals surface area contributed by atoms with Gasteiger partial charge in [0, 0.05) is 12.7 Å². The average molecular weight is 302 g/mol. The van der Waals surface area contributed by atoms with Crippen molar-refractivity contribution >= 4 is 11.8 Å². The van der Waals surface area contributed by atoms with E-state index in [1.165, 1.54) is 12.4 Å². The van der Waals surface area contributed by atoms with E-state index in [2.05, 4.69) is 34.1 Å². The molecule has 8 nitrogen and oxygen atoms in total. The summed E-state index contributed by atoms with van der Waals surface area (Å²) in [7, 11) is 0. The molecule has 8 heteroatoms. The number of carbonyl (C=O) groups excluding carboxylic acids is 2. The SMILES string of the molecule is CC(C)Cn1cncc1CNC(=O)c1cnc(C(N)=O)cn1. The number of primary amides is 1. The van der Waals surface area contributed by atoms with Crippen LogP contribution in [0.3, 0.4) is 0 Å². The van der Waals surface area contributed by atoms with Crippen LogP contribution in [0, 0.1) is 5.92 Å². The highest BCUT2D eigenvalue weighted by Gasteiger charge is 2.11. The van der Waals surface area contributed by atoms with Crippen molar-refractivity contribution < 1.29 is 9.59 Å². The molecule has 2 aromatic rings. The van der Waals surface area contributed by atoms with Gasteiger partial charge in [0.15, 0.2) is 0 Å². The van der Waals surface area contributed by atoms with E-state index >= 15 is 0 Å². The molecule has 2 heterocycles. The summed E-state index contributed by atoms with van der Waals surface area (Å²) >= 11 is 0. The summed E-state index contributed by atoms with van der Waals surface area (Å²) in [4.78, 5) is 34.6. The number of aromatic nitrogens is 4. The van der Waals surface area contributed by atoms with E-state index in [1.807, 2.05) is 4.57 Å². The minimum Gasteiger partial charge on any atom is -0.364 e. The van der Waals surface area contributed by atoms with Crippen molar-refractivity contribution in [2.75, 3.05) is 0 Å². The first-order valence-corrected chi connectivity index (χ1v) is 6.86. The van der Waals surface area contributed by atoms with Gasteiger partial charge in [-0.1, -0.05) is 13.8 Å². The summed E-state index contributed by atoms with van der Waals surface area (Å²) < 4.78 is 1.99. The lowest BCUT2D eigenvalue weighted by molar-refractivity contribution is 0.0940. The number of amides is 2. The van der Waals surface area contributed by atoms with E-state index in [1.54, 1.807) is 12.5 Å². The molecule has 0 aliphatic heterocycles. The summed E-state index contributed by atoms with van der Waals surface area (Å²) in [6, 6.07) is 0. The summed E-state index contributed by atoms with van der Waals surface area (Å²) in [6.45, 7) is 5.39. The van der Waals surface area contributed by atoms with Gasteiger partial charge in [-0.2, -0.15) is 0 Å². The van der Waals surface area contributed by atoms with Crippen molar-refractivity contribution in [3.63, 3.8) is 0 Å². The van der Waals surface area contributed by atoms with E-state index in [0.29, 0.717) is 12.5 Å². The Labute approximate surface area is 127 Å². The summed E-state index contributed by atoms with van der Waals surface area (Å²) in [5, 5.41) is 2.75. The van der Waals surface area contributed by atoms with E-state index in [-0.39, 0.29) is 17.3 Å². The van der Waals surface area contributed by atoms with Gasteiger partial charge in [0.05, 0.1) is 31.0 Å². The average Bonchev–Trinajstić information content (AvgIpc) is 2.91. The number of nitrogens with one attached hydrogen (secondary N) is 1. The Morgan fingerprint density at radius 2 is 1.91 bits per heavy atom. The third-order valence-electron chi connectivity index (χ3n) is 2.93. The predicted molar refractivity (Wildman–Crippen MR) is 78.8 cm³/mol. The maximum absolute atomic E-state index is 12.0. The van der Waals surface area contributed by atoms with Crippen LogP contribution < -0.4 is 11.1 Å². The van der Waals surface area contributed by atoms with E-state index in [4.69, 9.17) is 5.73 Å². The molecule has 116 valence electrons. The van der Waals surface area contributed by atoms with Crippen LogP contribution in [0.4, 0.5) is 0 Å². The van der Waals surface area contributed by atoms with Crippen LogP contribution in [0.15, 0.2) is 24.9 Å². The Bertz CT molecular complexity index is 662. The fourth-order valence-corrected chi connectivity index (χ4v) is 1.89. The minimum absolute atomic E-state index is 0.0200. The number of imidazole rings is 1. The standard InChI is InChI=1S/C14H18N6O2/c1-9(2)7-20-8-16-3-10(20)4-19-14(22)12-6-17-11(5-18-12)13(15)21/h3,5-6,8-9H,4,7H2,1-2H3,(H2,15,21)(H,19,22). The van der Waals surface area contributed by atoms with Crippen LogP contribution >= 0.6 is 0 Å². The molecule has 2 aromatic heterocycles. The second-order valence-electron chi connectivity index (χ2n) is 5.26. The lowest BCUT2D eigenvalue weighted by atomic mass is 10.2. The molecule has 0 radical (unpaired) electrons. The number of nitrogens with zero attached hydrogens (tertiary/aromatic N) is 4. The van der Waals surface area contributed by atoms with Crippen molar-refractivity contribution in [3.8, 4) is 0 Å². The van der Waals surface area contributed by atoms with Crippen molar-refractivity contribution in [2.24, 2.45) is 11.7 Å². The molecule has 0 unspecified atom stereocenters. The topological polar surface area (TPSA) is 116 Å². The molecular formula is C14H18N6O2. The highest BCUT2D eigenvalue weighted by molar-refractivity contribution is 5.93. The van der Waals surface area contributed by atoms with Gasteiger partial charge >= 0.3 is 0 Å². The molecule has 0 aromatic carbocycles. The maximum Gasteiger partial charge on any atom is 0.271 e. The maximum atomic E-state index is 12.0. The molecule has 0 aliphatic carbocycles. The van der Waals surface area contributed by atoms with Gasteiger partial charge in [0.25, 0.3) is 11.8 Å². The number of hydrogen-bond donors (Lipinski definition) is 2. The second-order valence-corrected chi connectivity index (χ2v) is 5.26. The predicted octanol–water partition coefficient (Wildman–Crippen LogP) is 0.358. The summed E-state index contributed by atoms with van der Waals surface area (Å²) in [6.07, 6.45) is 5.86. The van der Waals surface area contributed by atoms with Crippen molar-refractivity contribution in [1.29, 1.82) is 0 Å². The molecule has 0 aliphatic rings. The molecule has 0 bridgehead atoms. The second kappa shape index (κ2) is 6.79. The Kier molecular flexibility index (Phi) is 4.82. The van der Waals surface area contributed by atoms with Crippen molar-refractivity contribution in [3.05, 3.63) is 42.0 Å². The van der Waals surface area contributed by atoms with Gasteiger partial charge in [0.2, 0.25) is 0 Å². The smallest absolute Gasteiger partial charge is 0.271 e. The Hall–Kier alpha value is -2.77. The molecule has 22 heavy (non-hydrogen) atoms. The van der Waals surface area contributed by atoms with Crippen LogP contribution in [0.25, 0.3) is 0 Å². The van der Waals surface area contributed by atoms with Gasteiger partial charge in [0.1, 0.15) is 11.4 Å². The summed E-state index contributed by atoms with van der Waals surface area (Å²) in [5.41, 5.74) is 6.12. The van der Waals surface area contributed by atoms with Crippen LogP contribution in [-0.2, 0) is 13.1 Å². The van der Waals surface area contributed by atoms with Gasteiger partial charge in [-0.15, -0.1) is 0 Å². The minimum atomic E-state index is -0.683. The molecule has 0 saturated heterocycles. The molecule has 3 N–H and O–H groups in total. The first-order chi connectivity index (χ1) is 10.5. The van der Waals surface area contributed by atoms with Gasteiger partial charge in [-0.05, 0) is 5.92 Å². The van der Waals surface area contributed by atoms with Gasteiger partial charge < -0.3 is 15.6 Å². The van der Waals surface area contributed by atoms with Crippen LogP contribution in [0.2, 0.25) is 0 Å². The Morgan fingerprint density at radius 1 is 1.23 bits per heavy atom. The summed E-state index contributed by atoms with van der Waals surface area (Å²) in [5.74, 6) is -0.575. The van der Waals surface area contributed by atoms with E-state index < -0.39 is 5.91 Å². The quantitative estimate of drug-likeness (QED) is 0.799. The Morgan fingerprint density at radius 3 is 2.50 bits per heavy atom. The molecule has 0 spiro atoms. The van der Waals surface area contributed by atoms with Gasteiger partial charge in [-0.25, -0.2) is 15.0 Å². The van der Waals surface area contributed by atoms with Crippen LogP contribution in [-0.4, -0.2) is 31.3 Å². The molecule has 2 rings (SSSR count). The molecule has 2 amide bonds. The van der Waals surface area contributed by atoms with E-state index in [0.717, 1.165) is 12.2 Å². The first kappa shape index (κ1) is 15.6. The van der Waals surface area contributed by atoms with Crippen LogP contribution in [0.1, 0.15) is 40.5 Å². The molecule has 0 atom stereocenters. The molecular weight excluding hydrogens is 284 g/mol. The largest absolute Gasteiger partial charge is 0.364 e. The fourth-order valence-electron chi connectivity index (χ4n) is 1.89. The number of carbonyl (C=O) groups is 2. The third kappa shape index (κ3) is 3.87. The third-order valence-corrected chi connectivity index (χ3v) is 2.93. The number of nitrogens with two attached hydrogens (primary N) is 1. The van der Waals surface area contributed by atoms with Gasteiger partial charge in [-0.3, -0.25) is 9.59 Å². The zero-order valence-corrected chi connectivity index (χ0v) is 12.5. The number of rotatable bonds is 6. The monoisotopic (exact) mass is 302 g/mol. The fraction of sp³-hybridized carbons (Fsp3) is 0.357. The molecule has 0 saturated carbocycles. The molecule has 0 fully saturated rings. The zero-order chi connectivity index (χ0) is 16.1. The normalized spacial score (nSPS) is 10.7. The first-order valence-electron chi connectivity index (χ1n) is 6.86. The van der Waals surface area contributed by atoms with Crippen LogP contribution in [0.5, 0.6) is 0 Å². The van der Waals surface area contributed by atoms with Crippen molar-refractivity contribution in [1.82, 2.24) is 24.8 Å². The Balaban J connectivity index is 1.98. The lowest BCUT2D eigenvalue weighted by Crippen LogP contribution is -2.26. The highest BCUT2D eigenvalue weighted by atomic mass is 16.2. The lowest BCUT2D eigenvalue weighted by Gasteiger charge is -2.11. The zero-order valence-electron chi connectivity index (χ0n) is 12.5. The van der Waals surface area contributed by atoms with Crippen molar-refractivity contribution in [2.45, 2.75) is 26.9 Å². The number of hydrogen-bond acceptors (Lipinski definition) is 5. The highest BCUT2D eigenvalue weighted by Crippen LogP contribution is 2.05. The van der Waals surface area contributed by atoms with E-state index in [9.17, 15) is 9.59 Å².